The van der Waals surface area contributed by atoms with Crippen molar-refractivity contribution in [2.24, 2.45) is 11.8 Å². The van der Waals surface area contributed by atoms with Gasteiger partial charge in [0.1, 0.15) is 17.5 Å². The Morgan fingerprint density at radius 3 is 1.86 bits per heavy atom. The molecule has 0 amide bonds. The fraction of sp³-hybridized carbons (Fsp3) is 0.481. The molecule has 1 aliphatic carbocycles. The maximum absolute atomic E-state index is 13.2. The van der Waals surface area contributed by atoms with E-state index in [2.05, 4.69) is 0 Å². The third-order valence-electron chi connectivity index (χ3n) is 6.94. The number of benzene rings is 2. The van der Waals surface area contributed by atoms with E-state index in [1.807, 2.05) is 32.9 Å². The second kappa shape index (κ2) is 10.2. The number of ketones is 2. The quantitative estimate of drug-likeness (QED) is 0.438. The van der Waals surface area contributed by atoms with Gasteiger partial charge in [-0.25, -0.2) is 8.42 Å². The maximum Gasteiger partial charge on any atom is 0.416 e. The average molecular weight is 509 g/mol. The Kier molecular flexibility index (Phi) is 7.94. The van der Waals surface area contributed by atoms with Crippen LogP contribution in [-0.4, -0.2) is 25.7 Å². The highest BCUT2D eigenvalue weighted by atomic mass is 32.2. The summed E-state index contributed by atoms with van der Waals surface area (Å²) < 4.78 is 64.1. The van der Waals surface area contributed by atoms with Crippen LogP contribution in [-0.2, 0) is 38.4 Å². The minimum atomic E-state index is -4.55. The Labute approximate surface area is 204 Å². The fourth-order valence-corrected chi connectivity index (χ4v) is 6.77. The SMILES string of the molecule is CCc1cc(C)cc(CC)c1C1C(=O)CC(C(C)CS(=O)(=O)c2ccc(C(F)(F)F)cc2)CC1=O. The smallest absolute Gasteiger partial charge is 0.299 e. The van der Waals surface area contributed by atoms with E-state index in [1.54, 1.807) is 6.92 Å². The van der Waals surface area contributed by atoms with Crippen LogP contribution < -0.4 is 0 Å². The molecule has 1 saturated carbocycles. The molecule has 4 nitrogen and oxygen atoms in total. The molecule has 1 aliphatic rings. The van der Waals surface area contributed by atoms with Gasteiger partial charge in [0.05, 0.1) is 16.2 Å². The van der Waals surface area contributed by atoms with Crippen LogP contribution in [0.15, 0.2) is 41.3 Å². The maximum atomic E-state index is 13.2. The van der Waals surface area contributed by atoms with Crippen molar-refractivity contribution in [1.82, 2.24) is 0 Å². The first-order chi connectivity index (χ1) is 16.3. The Hall–Kier alpha value is -2.48. The zero-order chi connectivity index (χ0) is 26.1. The summed E-state index contributed by atoms with van der Waals surface area (Å²) >= 11 is 0. The standard InChI is InChI=1S/C27H31F3O4S/c1-5-18-11-16(3)12-19(6-2)25(18)26-23(31)13-20(14-24(26)32)17(4)15-35(33,34)22-9-7-21(8-10-22)27(28,29)30/h7-12,17,20,26H,5-6,13-15H2,1-4H3. The van der Waals surface area contributed by atoms with Crippen molar-refractivity contribution in [3.8, 4) is 0 Å². The number of alkyl halides is 3. The topological polar surface area (TPSA) is 68.3 Å². The second-order valence-electron chi connectivity index (χ2n) is 9.52. The van der Waals surface area contributed by atoms with Gasteiger partial charge in [-0.3, -0.25) is 9.59 Å². The molecule has 0 N–H and O–H groups in total. The number of aryl methyl sites for hydroxylation is 3. The fourth-order valence-electron chi connectivity index (χ4n) is 5.07. The van der Waals surface area contributed by atoms with E-state index in [0.717, 1.165) is 46.5 Å². The summed E-state index contributed by atoms with van der Waals surface area (Å²) in [5.41, 5.74) is 2.94. The molecule has 1 atom stereocenters. The molecule has 0 aromatic heterocycles. The normalized spacial score (nSPS) is 20.2. The molecule has 0 spiro atoms. The molecule has 190 valence electrons. The van der Waals surface area contributed by atoms with Crippen molar-refractivity contribution < 1.29 is 31.2 Å². The van der Waals surface area contributed by atoms with Crippen LogP contribution in [0, 0.1) is 18.8 Å². The minimum absolute atomic E-state index is 0.0975. The number of hydrogen-bond donors (Lipinski definition) is 0. The first kappa shape index (κ1) is 27.1. The van der Waals surface area contributed by atoms with Crippen LogP contribution >= 0.6 is 0 Å². The van der Waals surface area contributed by atoms with E-state index < -0.39 is 39.3 Å². The van der Waals surface area contributed by atoms with E-state index >= 15 is 0 Å². The highest BCUT2D eigenvalue weighted by Gasteiger charge is 2.41. The van der Waals surface area contributed by atoms with Gasteiger partial charge in [0, 0.05) is 12.8 Å². The molecule has 0 bridgehead atoms. The molecule has 2 aromatic carbocycles. The number of halogens is 3. The summed E-state index contributed by atoms with van der Waals surface area (Å²) in [5.74, 6) is -2.51. The lowest BCUT2D eigenvalue weighted by Gasteiger charge is -2.32. The molecule has 0 heterocycles. The van der Waals surface area contributed by atoms with Crippen molar-refractivity contribution in [2.45, 2.75) is 70.4 Å². The predicted octanol–water partition coefficient (Wildman–Crippen LogP) is 5.88. The summed E-state index contributed by atoms with van der Waals surface area (Å²) in [7, 11) is -3.89. The Balaban J connectivity index is 1.79. The van der Waals surface area contributed by atoms with E-state index in [9.17, 15) is 31.2 Å². The molecule has 3 rings (SSSR count). The zero-order valence-electron chi connectivity index (χ0n) is 20.4. The third kappa shape index (κ3) is 5.85. The summed E-state index contributed by atoms with van der Waals surface area (Å²) in [6.07, 6.45) is -2.96. The summed E-state index contributed by atoms with van der Waals surface area (Å²) in [6, 6.07) is 7.42. The van der Waals surface area contributed by atoms with Crippen LogP contribution in [0.2, 0.25) is 0 Å². The highest BCUT2D eigenvalue weighted by molar-refractivity contribution is 7.91. The Morgan fingerprint density at radius 1 is 0.943 bits per heavy atom. The number of rotatable bonds is 7. The molecule has 1 fully saturated rings. The van der Waals surface area contributed by atoms with Crippen molar-refractivity contribution in [3.05, 3.63) is 64.2 Å². The van der Waals surface area contributed by atoms with Gasteiger partial charge in [0.15, 0.2) is 9.84 Å². The monoisotopic (exact) mass is 508 g/mol. The van der Waals surface area contributed by atoms with Crippen LogP contribution in [0.4, 0.5) is 13.2 Å². The lowest BCUT2D eigenvalue weighted by molar-refractivity contribution is -0.138. The van der Waals surface area contributed by atoms with Gasteiger partial charge in [-0.05, 0) is 72.6 Å². The first-order valence-corrected chi connectivity index (χ1v) is 13.5. The number of carbonyl (C=O) groups is 2. The average Bonchev–Trinajstić information content (AvgIpc) is 2.78. The van der Waals surface area contributed by atoms with Gasteiger partial charge in [-0.2, -0.15) is 13.2 Å². The molecular weight excluding hydrogens is 477 g/mol. The van der Waals surface area contributed by atoms with E-state index in [1.165, 1.54) is 0 Å². The molecule has 35 heavy (non-hydrogen) atoms. The van der Waals surface area contributed by atoms with Gasteiger partial charge in [-0.15, -0.1) is 0 Å². The Morgan fingerprint density at radius 2 is 1.43 bits per heavy atom. The molecule has 0 saturated heterocycles. The molecule has 0 radical (unpaired) electrons. The van der Waals surface area contributed by atoms with Crippen molar-refractivity contribution in [2.75, 3.05) is 5.75 Å². The summed E-state index contributed by atoms with van der Waals surface area (Å²) in [6.45, 7) is 7.65. The van der Waals surface area contributed by atoms with Crippen LogP contribution in [0.25, 0.3) is 0 Å². The van der Waals surface area contributed by atoms with Gasteiger partial charge in [0.25, 0.3) is 0 Å². The second-order valence-corrected chi connectivity index (χ2v) is 11.6. The molecule has 0 aliphatic heterocycles. The Bertz CT molecular complexity index is 1170. The minimum Gasteiger partial charge on any atom is -0.299 e. The highest BCUT2D eigenvalue weighted by Crippen LogP contribution is 2.38. The number of sulfone groups is 1. The van der Waals surface area contributed by atoms with E-state index in [4.69, 9.17) is 0 Å². The van der Waals surface area contributed by atoms with E-state index in [-0.39, 0.29) is 35.1 Å². The van der Waals surface area contributed by atoms with Crippen LogP contribution in [0.1, 0.15) is 67.3 Å². The third-order valence-corrected chi connectivity index (χ3v) is 8.90. The largest absolute Gasteiger partial charge is 0.416 e. The van der Waals surface area contributed by atoms with Crippen molar-refractivity contribution >= 4 is 21.4 Å². The molecular formula is C27H31F3O4S. The van der Waals surface area contributed by atoms with Gasteiger partial charge in [-0.1, -0.05) is 38.5 Å². The summed E-state index contributed by atoms with van der Waals surface area (Å²) in [5, 5.41) is 0. The molecule has 1 unspecified atom stereocenters. The number of Topliss-reactive ketones (excluding diaryl/α,β-unsaturated/α-hetero) is 2. The van der Waals surface area contributed by atoms with E-state index in [0.29, 0.717) is 12.8 Å². The number of hydrogen-bond acceptors (Lipinski definition) is 4. The lowest BCUT2D eigenvalue weighted by atomic mass is 9.70. The number of carbonyl (C=O) groups excluding carboxylic acids is 2. The van der Waals surface area contributed by atoms with Crippen molar-refractivity contribution in [3.63, 3.8) is 0 Å². The zero-order valence-corrected chi connectivity index (χ0v) is 21.2. The van der Waals surface area contributed by atoms with Gasteiger partial charge in [0.2, 0.25) is 0 Å². The van der Waals surface area contributed by atoms with Crippen LogP contribution in [0.5, 0.6) is 0 Å². The van der Waals surface area contributed by atoms with Gasteiger partial charge < -0.3 is 0 Å². The van der Waals surface area contributed by atoms with Crippen LogP contribution in [0.3, 0.4) is 0 Å². The molecule has 2 aromatic rings. The molecule has 8 heteroatoms. The van der Waals surface area contributed by atoms with Gasteiger partial charge >= 0.3 is 6.18 Å². The van der Waals surface area contributed by atoms with Crippen molar-refractivity contribution in [1.29, 1.82) is 0 Å². The first-order valence-electron chi connectivity index (χ1n) is 11.9. The predicted molar refractivity (Wildman–Crippen MR) is 128 cm³/mol. The lowest BCUT2D eigenvalue weighted by Crippen LogP contribution is -2.37. The summed E-state index contributed by atoms with van der Waals surface area (Å²) in [4.78, 5) is 26.3.